The van der Waals surface area contributed by atoms with Gasteiger partial charge < -0.3 is 32.7 Å². The van der Waals surface area contributed by atoms with Gasteiger partial charge in [0.1, 0.15) is 0 Å². The molecule has 15 heteroatoms. The summed E-state index contributed by atoms with van der Waals surface area (Å²) in [5, 5.41) is 11.2. The minimum atomic E-state index is -3.94. The highest BCUT2D eigenvalue weighted by atomic mass is 32.2. The summed E-state index contributed by atoms with van der Waals surface area (Å²) in [6, 6.07) is -3.13. The van der Waals surface area contributed by atoms with Crippen LogP contribution in [0.1, 0.15) is 114 Å². The summed E-state index contributed by atoms with van der Waals surface area (Å²) in [6.45, 7) is 18.6. The third-order valence-corrected chi connectivity index (χ3v) is 9.23. The van der Waals surface area contributed by atoms with Gasteiger partial charge in [-0.25, -0.2) is 13.1 Å². The molecule has 48 heavy (non-hydrogen) atoms. The van der Waals surface area contributed by atoms with E-state index in [0.717, 1.165) is 0 Å². The molecule has 0 spiro atoms. The van der Waals surface area contributed by atoms with Crippen molar-refractivity contribution >= 4 is 39.6 Å². The second kappa shape index (κ2) is 22.0. The maximum atomic E-state index is 13.3. The van der Waals surface area contributed by atoms with Gasteiger partial charge in [-0.2, -0.15) is 0 Å². The normalized spacial score (nSPS) is 15.8. The highest BCUT2D eigenvalue weighted by Gasteiger charge is 2.28. The summed E-state index contributed by atoms with van der Waals surface area (Å²) in [4.78, 5) is 62.0. The first kappa shape index (κ1) is 45.2. The smallest absolute Gasteiger partial charge is 0.222 e. The van der Waals surface area contributed by atoms with Crippen LogP contribution in [0.3, 0.4) is 0 Å². The lowest BCUT2D eigenvalue weighted by Gasteiger charge is -2.26. The van der Waals surface area contributed by atoms with E-state index in [0.29, 0.717) is 12.8 Å². The quantitative estimate of drug-likeness (QED) is 0.0775. The summed E-state index contributed by atoms with van der Waals surface area (Å²) >= 11 is 0. The van der Waals surface area contributed by atoms with Crippen LogP contribution in [0, 0.1) is 23.7 Å². The van der Waals surface area contributed by atoms with Gasteiger partial charge in [-0.05, 0) is 50.4 Å². The first-order chi connectivity index (χ1) is 22.0. The zero-order chi connectivity index (χ0) is 37.4. The van der Waals surface area contributed by atoms with Gasteiger partial charge in [-0.15, -0.1) is 0 Å². The molecule has 5 amide bonds. The number of nitrogens with two attached hydrogens (primary N) is 2. The van der Waals surface area contributed by atoms with Gasteiger partial charge in [0.15, 0.2) is 0 Å². The van der Waals surface area contributed by atoms with E-state index in [2.05, 4.69) is 26.0 Å². The van der Waals surface area contributed by atoms with Crippen LogP contribution < -0.4 is 37.5 Å². The van der Waals surface area contributed by atoms with E-state index >= 15 is 0 Å². The zero-order valence-electron chi connectivity index (χ0n) is 30.9. The summed E-state index contributed by atoms with van der Waals surface area (Å²) in [6.07, 6.45) is 0.942. The summed E-state index contributed by atoms with van der Waals surface area (Å²) in [5.41, 5.74) is 11.3. The Morgan fingerprint density at radius 2 is 0.979 bits per heavy atom. The standard InChI is InChI=1S/C33H65N7O7S/c1-19(2)11-25(15-29(35)41)38-30(42)13-24(10)37-33(45)17-28(22(7)8)40-48(46,47)18-26(12-20(3)4)39-31(43)14-23(9)36-32(44)16-27(34)21(5)6/h19-28,40H,11-18,34H2,1-10H3,(H2,35,41)(H,36,44)(H,37,45)(H,38,42)(H,39,43)/t23-,24-,25-,26-,27+,28+/m0/s1. The molecule has 0 unspecified atom stereocenters. The Morgan fingerprint density at radius 3 is 1.40 bits per heavy atom. The number of amides is 5. The molecule has 14 nitrogen and oxygen atoms in total. The number of primary amides is 1. The van der Waals surface area contributed by atoms with Crippen LogP contribution in [0.5, 0.6) is 0 Å². The molecule has 0 saturated heterocycles. The van der Waals surface area contributed by atoms with Gasteiger partial charge in [0.05, 0.1) is 5.75 Å². The van der Waals surface area contributed by atoms with Crippen LogP contribution in [-0.4, -0.2) is 80.0 Å². The van der Waals surface area contributed by atoms with E-state index in [-0.39, 0.29) is 85.3 Å². The van der Waals surface area contributed by atoms with Gasteiger partial charge in [0.2, 0.25) is 39.6 Å². The van der Waals surface area contributed by atoms with Crippen molar-refractivity contribution in [1.82, 2.24) is 26.0 Å². The fourth-order valence-electron chi connectivity index (χ4n) is 5.25. The van der Waals surface area contributed by atoms with E-state index in [1.165, 1.54) is 0 Å². The van der Waals surface area contributed by atoms with Crippen molar-refractivity contribution in [2.75, 3.05) is 5.75 Å². The molecule has 0 aromatic carbocycles. The summed E-state index contributed by atoms with van der Waals surface area (Å²) < 4.78 is 29.2. The molecule has 0 bridgehead atoms. The number of rotatable bonds is 24. The molecule has 6 atom stereocenters. The van der Waals surface area contributed by atoms with Crippen molar-refractivity contribution in [2.24, 2.45) is 35.1 Å². The lowest BCUT2D eigenvalue weighted by Crippen LogP contribution is -2.49. The Labute approximate surface area is 288 Å². The number of sulfonamides is 1. The highest BCUT2D eigenvalue weighted by molar-refractivity contribution is 7.89. The van der Waals surface area contributed by atoms with Crippen molar-refractivity contribution in [3.05, 3.63) is 0 Å². The third kappa shape index (κ3) is 22.0. The van der Waals surface area contributed by atoms with E-state index in [1.807, 2.05) is 41.5 Å². The van der Waals surface area contributed by atoms with Crippen molar-refractivity contribution in [3.8, 4) is 0 Å². The molecule has 0 fully saturated rings. The molecule has 0 aromatic rings. The van der Waals surface area contributed by atoms with Gasteiger partial charge in [0.25, 0.3) is 0 Å². The average molecular weight is 704 g/mol. The second-order valence-electron chi connectivity index (χ2n) is 14.9. The molecule has 0 rings (SSSR count). The molecule has 0 aliphatic heterocycles. The van der Waals surface area contributed by atoms with Crippen molar-refractivity contribution in [3.63, 3.8) is 0 Å². The molecule has 0 aromatic heterocycles. The molecule has 0 saturated carbocycles. The molecule has 0 aliphatic rings. The average Bonchev–Trinajstić information content (AvgIpc) is 2.85. The predicted molar refractivity (Wildman–Crippen MR) is 189 cm³/mol. The molecule has 0 radical (unpaired) electrons. The van der Waals surface area contributed by atoms with Crippen molar-refractivity contribution < 1.29 is 32.4 Å². The number of carbonyl (C=O) groups is 5. The zero-order valence-corrected chi connectivity index (χ0v) is 31.7. The maximum Gasteiger partial charge on any atom is 0.222 e. The van der Waals surface area contributed by atoms with Crippen LogP contribution in [-0.2, 0) is 34.0 Å². The van der Waals surface area contributed by atoms with Gasteiger partial charge in [-0.3, -0.25) is 24.0 Å². The third-order valence-electron chi connectivity index (χ3n) is 7.73. The minimum Gasteiger partial charge on any atom is -0.370 e. The van der Waals surface area contributed by atoms with Gasteiger partial charge >= 0.3 is 0 Å². The number of hydrogen-bond acceptors (Lipinski definition) is 8. The fourth-order valence-corrected chi connectivity index (χ4v) is 6.91. The van der Waals surface area contributed by atoms with E-state index in [9.17, 15) is 32.4 Å². The minimum absolute atomic E-state index is 0.0219. The molecule has 280 valence electrons. The number of hydrogen-bond donors (Lipinski definition) is 7. The van der Waals surface area contributed by atoms with Gasteiger partial charge in [-0.1, -0.05) is 55.4 Å². The van der Waals surface area contributed by atoms with Gasteiger partial charge in [0, 0.05) is 68.4 Å². The Hall–Kier alpha value is -2.78. The lowest BCUT2D eigenvalue weighted by molar-refractivity contribution is -0.126. The topological polar surface area (TPSA) is 232 Å². The SMILES string of the molecule is CC(C)C[C@@H](CC(N)=O)NC(=O)C[C@H](C)NC(=O)C[C@@H](NS(=O)(=O)C[C@H](CC(C)C)NC(=O)C[C@H](C)NC(=O)C[C@@H](N)C(C)C)C(C)C. The maximum absolute atomic E-state index is 13.3. The lowest BCUT2D eigenvalue weighted by atomic mass is 10.0. The van der Waals surface area contributed by atoms with Crippen LogP contribution in [0.2, 0.25) is 0 Å². The molecule has 9 N–H and O–H groups in total. The summed E-state index contributed by atoms with van der Waals surface area (Å²) in [5.74, 6) is -2.07. The molecular formula is C33H65N7O7S. The van der Waals surface area contributed by atoms with Crippen LogP contribution >= 0.6 is 0 Å². The fraction of sp³-hybridized carbons (Fsp3) is 0.848. The largest absolute Gasteiger partial charge is 0.370 e. The van der Waals surface area contributed by atoms with E-state index in [1.54, 1.807) is 27.7 Å². The monoisotopic (exact) mass is 703 g/mol. The Bertz CT molecular complexity index is 1150. The first-order valence-corrected chi connectivity index (χ1v) is 18.9. The van der Waals surface area contributed by atoms with E-state index in [4.69, 9.17) is 11.5 Å². The molecule has 0 aliphatic carbocycles. The predicted octanol–water partition coefficient (Wildman–Crippen LogP) is 1.42. The molecular weight excluding hydrogens is 638 g/mol. The van der Waals surface area contributed by atoms with E-state index < -0.39 is 52.0 Å². The Balaban J connectivity index is 5.24. The molecule has 0 heterocycles. The summed E-state index contributed by atoms with van der Waals surface area (Å²) in [7, 11) is -3.94. The number of carbonyl (C=O) groups excluding carboxylic acids is 5. The van der Waals surface area contributed by atoms with Crippen LogP contribution in [0.4, 0.5) is 0 Å². The van der Waals surface area contributed by atoms with Crippen molar-refractivity contribution in [2.45, 2.75) is 150 Å². The highest BCUT2D eigenvalue weighted by Crippen LogP contribution is 2.13. The first-order valence-electron chi connectivity index (χ1n) is 17.2. The van der Waals surface area contributed by atoms with Crippen LogP contribution in [0.25, 0.3) is 0 Å². The number of nitrogens with one attached hydrogen (secondary N) is 5. The Kier molecular flexibility index (Phi) is 20.8. The second-order valence-corrected chi connectivity index (χ2v) is 16.7. The Morgan fingerprint density at radius 1 is 0.562 bits per heavy atom. The van der Waals surface area contributed by atoms with Crippen LogP contribution in [0.15, 0.2) is 0 Å². The van der Waals surface area contributed by atoms with Crippen molar-refractivity contribution in [1.29, 1.82) is 0 Å².